The molecule has 32 heavy (non-hydrogen) atoms. The lowest BCUT2D eigenvalue weighted by molar-refractivity contribution is -0.141. The molecular formula is C24H21ClFN3O3. The zero-order valence-electron chi connectivity index (χ0n) is 17.1. The number of nitrogens with one attached hydrogen (secondary N) is 1. The van der Waals surface area contributed by atoms with Crippen LogP contribution in [-0.4, -0.2) is 32.4 Å². The maximum absolute atomic E-state index is 13.3. The van der Waals surface area contributed by atoms with Gasteiger partial charge in [0.1, 0.15) is 11.6 Å². The van der Waals surface area contributed by atoms with Crippen molar-refractivity contribution in [2.24, 2.45) is 0 Å². The van der Waals surface area contributed by atoms with Crippen LogP contribution < -0.4 is 5.56 Å². The highest BCUT2D eigenvalue weighted by molar-refractivity contribution is 6.31. The first kappa shape index (κ1) is 20.8. The zero-order valence-corrected chi connectivity index (χ0v) is 17.9. The summed E-state index contributed by atoms with van der Waals surface area (Å²) in [6, 6.07) is 12.9. The van der Waals surface area contributed by atoms with E-state index in [1.165, 1.54) is 17.0 Å². The Bertz CT molecular complexity index is 1250. The maximum Gasteiger partial charge on any atom is 0.256 e. The number of fused-ring (bicyclic) bond motifs is 1. The molecule has 2 heterocycles. The van der Waals surface area contributed by atoms with Crippen LogP contribution in [0.1, 0.15) is 47.2 Å². The van der Waals surface area contributed by atoms with E-state index in [-0.39, 0.29) is 17.9 Å². The average Bonchev–Trinajstić information content (AvgIpc) is 3.61. The molecule has 0 spiro atoms. The van der Waals surface area contributed by atoms with Gasteiger partial charge in [0.25, 0.3) is 11.5 Å². The Balaban J connectivity index is 1.41. The molecule has 164 valence electrons. The van der Waals surface area contributed by atoms with Crippen LogP contribution in [0.25, 0.3) is 0 Å². The van der Waals surface area contributed by atoms with Gasteiger partial charge in [-0.05, 0) is 36.6 Å². The molecular weight excluding hydrogens is 433 g/mol. The Morgan fingerprint density at radius 3 is 2.59 bits per heavy atom. The van der Waals surface area contributed by atoms with Crippen molar-refractivity contribution in [3.8, 4) is 0 Å². The monoisotopic (exact) mass is 453 g/mol. The smallest absolute Gasteiger partial charge is 0.256 e. The molecule has 1 atom stereocenters. The average molecular weight is 454 g/mol. The van der Waals surface area contributed by atoms with E-state index in [1.807, 2.05) is 0 Å². The number of H-pyrrole nitrogens is 1. The fourth-order valence-corrected chi connectivity index (χ4v) is 4.64. The molecule has 2 N–H and O–H groups in total. The van der Waals surface area contributed by atoms with Gasteiger partial charge < -0.3 is 15.0 Å². The highest BCUT2D eigenvalue weighted by Crippen LogP contribution is 2.52. The van der Waals surface area contributed by atoms with Gasteiger partial charge in [-0.3, -0.25) is 9.59 Å². The lowest BCUT2D eigenvalue weighted by atomic mass is 9.94. The van der Waals surface area contributed by atoms with Gasteiger partial charge >= 0.3 is 0 Å². The van der Waals surface area contributed by atoms with Crippen molar-refractivity contribution in [1.82, 2.24) is 14.9 Å². The second-order valence-corrected chi connectivity index (χ2v) is 8.77. The first-order valence-corrected chi connectivity index (χ1v) is 10.9. The van der Waals surface area contributed by atoms with Crippen molar-refractivity contribution in [3.63, 3.8) is 0 Å². The molecule has 0 radical (unpaired) electrons. The first-order valence-electron chi connectivity index (χ1n) is 10.5. The number of hydrogen-bond acceptors (Lipinski definition) is 4. The Hall–Kier alpha value is -3.03. The third kappa shape index (κ3) is 3.51. The minimum absolute atomic E-state index is 0.0713. The van der Waals surface area contributed by atoms with Crippen LogP contribution in [0.2, 0.25) is 5.02 Å². The first-order chi connectivity index (χ1) is 15.4. The van der Waals surface area contributed by atoms with Crippen molar-refractivity contribution in [3.05, 3.63) is 97.9 Å². The molecule has 6 nitrogen and oxygen atoms in total. The van der Waals surface area contributed by atoms with Gasteiger partial charge in [0, 0.05) is 23.6 Å². The third-order valence-corrected chi connectivity index (χ3v) is 6.76. The molecule has 1 aromatic heterocycles. The summed E-state index contributed by atoms with van der Waals surface area (Å²) in [7, 11) is 0. The van der Waals surface area contributed by atoms with Gasteiger partial charge in [0.15, 0.2) is 6.10 Å². The molecule has 1 amide bonds. The van der Waals surface area contributed by atoms with E-state index in [0.717, 1.165) is 18.4 Å². The number of carbonyl (C=O) groups excluding carboxylic acids is 1. The van der Waals surface area contributed by atoms with Gasteiger partial charge in [0.05, 0.1) is 23.2 Å². The summed E-state index contributed by atoms with van der Waals surface area (Å²) in [6.45, 7) is 0.411. The summed E-state index contributed by atoms with van der Waals surface area (Å²) in [5.41, 5.74) is 1.67. The fourth-order valence-electron chi connectivity index (χ4n) is 4.40. The summed E-state index contributed by atoms with van der Waals surface area (Å²) in [5, 5.41) is 10.9. The van der Waals surface area contributed by atoms with E-state index >= 15 is 0 Å². The number of hydrogen-bond donors (Lipinski definition) is 2. The van der Waals surface area contributed by atoms with Crippen molar-refractivity contribution < 1.29 is 14.3 Å². The number of nitrogens with zero attached hydrogens (tertiary/aromatic N) is 2. The lowest BCUT2D eigenvalue weighted by Crippen LogP contribution is -2.42. The number of aromatic nitrogens is 2. The number of amides is 1. The normalized spacial score (nSPS) is 17.5. The second-order valence-electron chi connectivity index (χ2n) is 8.36. The Labute approximate surface area is 188 Å². The molecule has 5 rings (SSSR count). The Morgan fingerprint density at radius 2 is 1.91 bits per heavy atom. The van der Waals surface area contributed by atoms with Crippen molar-refractivity contribution in [2.75, 3.05) is 6.54 Å². The zero-order chi connectivity index (χ0) is 22.5. The molecule has 0 unspecified atom stereocenters. The third-order valence-electron chi connectivity index (χ3n) is 6.41. The fraction of sp³-hybridized carbons (Fsp3) is 0.292. The van der Waals surface area contributed by atoms with Gasteiger partial charge in [0.2, 0.25) is 0 Å². The molecule has 1 fully saturated rings. The Morgan fingerprint density at radius 1 is 1.19 bits per heavy atom. The lowest BCUT2D eigenvalue weighted by Gasteiger charge is -2.30. The van der Waals surface area contributed by atoms with Gasteiger partial charge in [-0.2, -0.15) is 0 Å². The van der Waals surface area contributed by atoms with Crippen LogP contribution in [-0.2, 0) is 23.2 Å². The number of carbonyl (C=O) groups is 1. The van der Waals surface area contributed by atoms with Gasteiger partial charge in [-0.15, -0.1) is 0 Å². The minimum Gasteiger partial charge on any atom is -0.378 e. The molecule has 0 bridgehead atoms. The standard InChI is InChI=1S/C24H21ClFN3O3/c25-18-4-2-1-3-16(18)20(30)22(32)29-12-9-19-17(13-29)21(31)28-23(27-19)24(10-11-24)14-5-7-15(26)8-6-14/h1-8,20,30H,9-13H2,(H,27,28,31)/t20-/m1/s1. The van der Waals surface area contributed by atoms with Gasteiger partial charge in [-0.25, -0.2) is 9.37 Å². The number of rotatable bonds is 4. The number of aliphatic hydroxyl groups excluding tert-OH is 1. The molecule has 1 saturated carbocycles. The van der Waals surface area contributed by atoms with E-state index in [0.29, 0.717) is 40.6 Å². The van der Waals surface area contributed by atoms with E-state index in [9.17, 15) is 19.1 Å². The van der Waals surface area contributed by atoms with E-state index in [1.54, 1.807) is 36.4 Å². The highest BCUT2D eigenvalue weighted by Gasteiger charge is 2.48. The van der Waals surface area contributed by atoms with Crippen LogP contribution in [0.3, 0.4) is 0 Å². The van der Waals surface area contributed by atoms with Crippen LogP contribution >= 0.6 is 11.6 Å². The Kier molecular flexibility index (Phi) is 5.10. The summed E-state index contributed by atoms with van der Waals surface area (Å²) in [5.74, 6) is -0.221. The summed E-state index contributed by atoms with van der Waals surface area (Å²) in [4.78, 5) is 34.9. The van der Waals surface area contributed by atoms with Crippen LogP contribution in [0.4, 0.5) is 4.39 Å². The number of benzene rings is 2. The molecule has 2 aliphatic rings. The van der Waals surface area contributed by atoms with Crippen molar-refractivity contribution in [1.29, 1.82) is 0 Å². The van der Waals surface area contributed by atoms with Crippen LogP contribution in [0.15, 0.2) is 53.3 Å². The molecule has 8 heteroatoms. The number of aromatic amines is 1. The number of aliphatic hydroxyl groups is 1. The summed E-state index contributed by atoms with van der Waals surface area (Å²) < 4.78 is 13.3. The van der Waals surface area contributed by atoms with E-state index in [2.05, 4.69) is 4.98 Å². The molecule has 1 aliphatic heterocycles. The molecule has 2 aromatic carbocycles. The quantitative estimate of drug-likeness (QED) is 0.635. The second kappa shape index (κ2) is 7.83. The topological polar surface area (TPSA) is 86.3 Å². The van der Waals surface area contributed by atoms with Crippen LogP contribution in [0.5, 0.6) is 0 Å². The largest absolute Gasteiger partial charge is 0.378 e. The SMILES string of the molecule is O=C([C@H](O)c1ccccc1Cl)N1CCc2nc(C3(c4ccc(F)cc4)CC3)[nH]c(=O)c2C1. The number of halogens is 2. The molecule has 0 saturated heterocycles. The van der Waals surface area contributed by atoms with Crippen molar-refractivity contribution in [2.45, 2.75) is 37.3 Å². The van der Waals surface area contributed by atoms with Crippen molar-refractivity contribution >= 4 is 17.5 Å². The highest BCUT2D eigenvalue weighted by atomic mass is 35.5. The summed E-state index contributed by atoms with van der Waals surface area (Å²) >= 11 is 6.12. The van der Waals surface area contributed by atoms with Crippen LogP contribution in [0, 0.1) is 5.82 Å². The predicted molar refractivity (Wildman–Crippen MR) is 117 cm³/mol. The summed E-state index contributed by atoms with van der Waals surface area (Å²) in [6.07, 6.45) is 0.668. The molecule has 1 aliphatic carbocycles. The minimum atomic E-state index is -1.40. The predicted octanol–water partition coefficient (Wildman–Crippen LogP) is 3.26. The maximum atomic E-state index is 13.3. The molecule has 3 aromatic rings. The van der Waals surface area contributed by atoms with Gasteiger partial charge in [-0.1, -0.05) is 41.9 Å². The van der Waals surface area contributed by atoms with E-state index < -0.39 is 17.4 Å². The van der Waals surface area contributed by atoms with E-state index in [4.69, 9.17) is 16.6 Å².